The number of hydrogen-bond donors (Lipinski definition) is 2. The zero-order chi connectivity index (χ0) is 18.0. The number of nitrogens with one attached hydrogen (secondary N) is 2. The second-order valence-corrected chi connectivity index (χ2v) is 5.34. The Balaban J connectivity index is 1.82. The Morgan fingerprint density at radius 3 is 2.60 bits per heavy atom. The summed E-state index contributed by atoms with van der Waals surface area (Å²) in [5, 5.41) is 16.7. The van der Waals surface area contributed by atoms with E-state index < -0.39 is 11.7 Å². The molecular weight excluding hydrogens is 361 g/mol. The minimum atomic E-state index is -4.48. The maximum absolute atomic E-state index is 12.8. The number of benzene rings is 1. The Bertz CT molecular complexity index is 898. The third kappa shape index (κ3) is 4.15. The summed E-state index contributed by atoms with van der Waals surface area (Å²) >= 11 is 5.94. The number of halogens is 4. The van der Waals surface area contributed by atoms with Gasteiger partial charge < -0.3 is 15.2 Å². The summed E-state index contributed by atoms with van der Waals surface area (Å²) < 4.78 is 43.3. The van der Waals surface area contributed by atoms with Crippen molar-refractivity contribution in [2.45, 2.75) is 13.1 Å². The average molecular weight is 371 g/mol. The molecule has 3 rings (SSSR count). The Morgan fingerprint density at radius 2 is 1.92 bits per heavy atom. The van der Waals surface area contributed by atoms with E-state index in [0.29, 0.717) is 11.6 Å². The van der Waals surface area contributed by atoms with Crippen LogP contribution in [0.25, 0.3) is 0 Å². The fourth-order valence-corrected chi connectivity index (χ4v) is 2.06. The highest BCUT2D eigenvalue weighted by Gasteiger charge is 2.31. The van der Waals surface area contributed by atoms with Crippen LogP contribution < -0.4 is 10.6 Å². The maximum atomic E-state index is 12.8. The lowest BCUT2D eigenvalue weighted by Gasteiger charge is -2.12. The standard InChI is InChI=1S/C14H10ClF3N6O/c1-7-4-11(24-25-7)21-13-22-12(6-19-23-13)20-10-5-8(14(16,17)18)2-3-9(10)15/h2-6H,1H3,(H2,20,21,22,23,24). The summed E-state index contributed by atoms with van der Waals surface area (Å²) in [7, 11) is 0. The van der Waals surface area contributed by atoms with Gasteiger partial charge in [0, 0.05) is 6.07 Å². The van der Waals surface area contributed by atoms with Gasteiger partial charge in [0.25, 0.3) is 0 Å². The largest absolute Gasteiger partial charge is 0.416 e. The quantitative estimate of drug-likeness (QED) is 0.706. The topological polar surface area (TPSA) is 88.8 Å². The van der Waals surface area contributed by atoms with E-state index in [0.717, 1.165) is 18.2 Å². The third-order valence-electron chi connectivity index (χ3n) is 2.98. The highest BCUT2D eigenvalue weighted by Crippen LogP contribution is 2.34. The van der Waals surface area contributed by atoms with E-state index in [4.69, 9.17) is 16.1 Å². The lowest BCUT2D eigenvalue weighted by molar-refractivity contribution is -0.137. The Labute approximate surface area is 144 Å². The van der Waals surface area contributed by atoms with Crippen LogP contribution in [0.3, 0.4) is 0 Å². The molecule has 0 bridgehead atoms. The maximum Gasteiger partial charge on any atom is 0.416 e. The Morgan fingerprint density at radius 1 is 1.12 bits per heavy atom. The van der Waals surface area contributed by atoms with Crippen molar-refractivity contribution in [2.75, 3.05) is 10.6 Å². The van der Waals surface area contributed by atoms with Crippen molar-refractivity contribution in [3.63, 3.8) is 0 Å². The molecule has 11 heteroatoms. The van der Waals surface area contributed by atoms with E-state index in [9.17, 15) is 13.2 Å². The van der Waals surface area contributed by atoms with Gasteiger partial charge in [0.1, 0.15) is 5.76 Å². The molecular formula is C14H10ClF3N6O. The van der Waals surface area contributed by atoms with Crippen molar-refractivity contribution in [1.82, 2.24) is 20.3 Å². The summed E-state index contributed by atoms with van der Waals surface area (Å²) in [5.41, 5.74) is -0.793. The molecule has 0 fully saturated rings. The van der Waals surface area contributed by atoms with Crippen molar-refractivity contribution < 1.29 is 17.7 Å². The molecule has 2 aromatic heterocycles. The van der Waals surface area contributed by atoms with Gasteiger partial charge in [0.05, 0.1) is 22.5 Å². The van der Waals surface area contributed by atoms with E-state index in [-0.39, 0.29) is 22.5 Å². The van der Waals surface area contributed by atoms with Gasteiger partial charge in [-0.05, 0) is 25.1 Å². The molecule has 0 unspecified atom stereocenters. The molecule has 0 aliphatic heterocycles. The van der Waals surface area contributed by atoms with Crippen LogP contribution in [0.15, 0.2) is 35.0 Å². The second kappa shape index (κ2) is 6.55. The van der Waals surface area contributed by atoms with E-state index in [1.807, 2.05) is 0 Å². The number of hydrogen-bond acceptors (Lipinski definition) is 7. The molecule has 0 aliphatic rings. The van der Waals surface area contributed by atoms with E-state index >= 15 is 0 Å². The molecule has 130 valence electrons. The number of alkyl halides is 3. The molecule has 0 saturated heterocycles. The predicted octanol–water partition coefficient (Wildman–Crippen LogP) is 4.33. The highest BCUT2D eigenvalue weighted by molar-refractivity contribution is 6.33. The number of nitrogens with zero attached hydrogens (tertiary/aromatic N) is 4. The predicted molar refractivity (Wildman–Crippen MR) is 84.1 cm³/mol. The van der Waals surface area contributed by atoms with Crippen molar-refractivity contribution in [2.24, 2.45) is 0 Å². The van der Waals surface area contributed by atoms with Gasteiger partial charge in [-0.2, -0.15) is 23.3 Å². The summed E-state index contributed by atoms with van der Waals surface area (Å²) in [6.45, 7) is 1.71. The van der Waals surface area contributed by atoms with Crippen LogP contribution in [0, 0.1) is 6.92 Å². The number of aromatic nitrogens is 4. The van der Waals surface area contributed by atoms with Crippen LogP contribution in [0.2, 0.25) is 5.02 Å². The summed E-state index contributed by atoms with van der Waals surface area (Å²) in [5.74, 6) is 1.19. The monoisotopic (exact) mass is 370 g/mol. The fourth-order valence-electron chi connectivity index (χ4n) is 1.89. The van der Waals surface area contributed by atoms with E-state index in [1.165, 1.54) is 6.20 Å². The lowest BCUT2D eigenvalue weighted by atomic mass is 10.2. The highest BCUT2D eigenvalue weighted by atomic mass is 35.5. The third-order valence-corrected chi connectivity index (χ3v) is 3.31. The molecule has 25 heavy (non-hydrogen) atoms. The number of anilines is 4. The van der Waals surface area contributed by atoms with E-state index in [1.54, 1.807) is 13.0 Å². The normalized spacial score (nSPS) is 11.4. The summed E-state index contributed by atoms with van der Waals surface area (Å²) in [6, 6.07) is 4.55. The number of rotatable bonds is 4. The zero-order valence-corrected chi connectivity index (χ0v) is 13.4. The van der Waals surface area contributed by atoms with Crippen molar-refractivity contribution >= 4 is 34.9 Å². The van der Waals surface area contributed by atoms with Crippen LogP contribution >= 0.6 is 11.6 Å². The van der Waals surface area contributed by atoms with E-state index in [2.05, 4.69) is 31.0 Å². The molecule has 7 nitrogen and oxygen atoms in total. The van der Waals surface area contributed by atoms with Crippen LogP contribution in [-0.2, 0) is 6.18 Å². The van der Waals surface area contributed by atoms with Gasteiger partial charge in [-0.15, -0.1) is 5.10 Å². The van der Waals surface area contributed by atoms with Gasteiger partial charge in [-0.1, -0.05) is 16.8 Å². The second-order valence-electron chi connectivity index (χ2n) is 4.93. The van der Waals surface area contributed by atoms with Crippen LogP contribution in [-0.4, -0.2) is 20.3 Å². The molecule has 0 radical (unpaired) electrons. The first-order chi connectivity index (χ1) is 11.8. The van der Waals surface area contributed by atoms with Crippen LogP contribution in [0.4, 0.5) is 36.4 Å². The van der Waals surface area contributed by atoms with Gasteiger partial charge >= 0.3 is 6.18 Å². The molecule has 0 aliphatic carbocycles. The summed E-state index contributed by atoms with van der Waals surface area (Å²) in [6.07, 6.45) is -3.24. The van der Waals surface area contributed by atoms with Crippen molar-refractivity contribution in [3.8, 4) is 0 Å². The average Bonchev–Trinajstić information content (AvgIpc) is 2.94. The van der Waals surface area contributed by atoms with Gasteiger partial charge in [-0.3, -0.25) is 0 Å². The molecule has 0 spiro atoms. The van der Waals surface area contributed by atoms with Gasteiger partial charge in [-0.25, -0.2) is 0 Å². The smallest absolute Gasteiger partial charge is 0.360 e. The molecule has 3 aromatic rings. The Kier molecular flexibility index (Phi) is 4.45. The first-order valence-electron chi connectivity index (χ1n) is 6.85. The first kappa shape index (κ1) is 17.0. The minimum Gasteiger partial charge on any atom is -0.360 e. The van der Waals surface area contributed by atoms with Gasteiger partial charge in [0.15, 0.2) is 11.6 Å². The first-order valence-corrected chi connectivity index (χ1v) is 7.23. The lowest BCUT2D eigenvalue weighted by Crippen LogP contribution is -2.06. The SMILES string of the molecule is Cc1cc(Nc2nncc(Nc3cc(C(F)(F)F)ccc3Cl)n2)no1. The minimum absolute atomic E-state index is 0.0419. The summed E-state index contributed by atoms with van der Waals surface area (Å²) in [4.78, 5) is 4.09. The zero-order valence-electron chi connectivity index (χ0n) is 12.6. The Hall–Kier alpha value is -2.88. The molecule has 2 heterocycles. The van der Waals surface area contributed by atoms with Crippen LogP contribution in [0.1, 0.15) is 11.3 Å². The van der Waals surface area contributed by atoms with Gasteiger partial charge in [0.2, 0.25) is 5.95 Å². The molecule has 0 amide bonds. The molecule has 2 N–H and O–H groups in total. The number of aryl methyl sites for hydroxylation is 1. The molecule has 0 saturated carbocycles. The molecule has 1 aromatic carbocycles. The van der Waals surface area contributed by atoms with Crippen molar-refractivity contribution in [1.29, 1.82) is 0 Å². The van der Waals surface area contributed by atoms with Crippen LogP contribution in [0.5, 0.6) is 0 Å². The van der Waals surface area contributed by atoms with Crippen molar-refractivity contribution in [3.05, 3.63) is 46.8 Å². The fraction of sp³-hybridized carbons (Fsp3) is 0.143. The molecule has 0 atom stereocenters.